The van der Waals surface area contributed by atoms with Gasteiger partial charge in [-0.25, -0.2) is 4.98 Å². The topological polar surface area (TPSA) is 122 Å². The molecule has 12 nitrogen and oxygen atoms in total. The van der Waals surface area contributed by atoms with Crippen LogP contribution in [0, 0.1) is 11.3 Å². The van der Waals surface area contributed by atoms with Gasteiger partial charge in [0.2, 0.25) is 11.8 Å². The van der Waals surface area contributed by atoms with Crippen LogP contribution in [-0.4, -0.2) is 102 Å². The second kappa shape index (κ2) is 12.2. The maximum atomic E-state index is 12.6. The summed E-state index contributed by atoms with van der Waals surface area (Å²) < 4.78 is 6.26. The Morgan fingerprint density at radius 1 is 1.12 bits per heavy atom. The van der Waals surface area contributed by atoms with Gasteiger partial charge in [0.1, 0.15) is 12.4 Å². The number of anilines is 3. The molecular weight excluding hydrogens is 546 g/mol. The van der Waals surface area contributed by atoms with Gasteiger partial charge < -0.3 is 29.2 Å². The van der Waals surface area contributed by atoms with Gasteiger partial charge in [-0.1, -0.05) is 6.58 Å². The molecule has 43 heavy (non-hydrogen) atoms. The lowest BCUT2D eigenvalue weighted by Gasteiger charge is -2.42. The number of ether oxygens (including phenoxy) is 1. The summed E-state index contributed by atoms with van der Waals surface area (Å²) in [4.78, 5) is 49.9. The van der Waals surface area contributed by atoms with Gasteiger partial charge in [-0.2, -0.15) is 15.2 Å². The number of piperazine rings is 1. The van der Waals surface area contributed by atoms with Crippen molar-refractivity contribution in [2.45, 2.75) is 57.2 Å². The number of carbonyl (C=O) groups excluding carboxylic acids is 2. The van der Waals surface area contributed by atoms with Crippen LogP contribution in [0.2, 0.25) is 0 Å². The van der Waals surface area contributed by atoms with Crippen LogP contribution < -0.4 is 19.4 Å². The SMILES string of the molecule is C=CC(=O)N1CCN(c2nc(OC[C@@H]3CCCN3C)nc3c2CCN(c2nccc4c2N(C)C(=O)CC4)C3)C[C@@H]1CC#N. The minimum Gasteiger partial charge on any atom is -0.462 e. The smallest absolute Gasteiger partial charge is 0.318 e. The summed E-state index contributed by atoms with van der Waals surface area (Å²) in [6.45, 7) is 7.96. The minimum atomic E-state index is -0.264. The van der Waals surface area contributed by atoms with Crippen LogP contribution in [0.1, 0.15) is 42.5 Å². The van der Waals surface area contributed by atoms with Crippen LogP contribution in [-0.2, 0) is 29.0 Å². The van der Waals surface area contributed by atoms with Gasteiger partial charge in [0.05, 0.1) is 36.5 Å². The molecule has 2 aromatic rings. The summed E-state index contributed by atoms with van der Waals surface area (Å²) >= 11 is 0. The van der Waals surface area contributed by atoms with Crippen molar-refractivity contribution >= 4 is 29.1 Å². The molecule has 12 heteroatoms. The second-order valence-electron chi connectivity index (χ2n) is 11.8. The van der Waals surface area contributed by atoms with E-state index in [9.17, 15) is 14.9 Å². The number of rotatable bonds is 7. The van der Waals surface area contributed by atoms with Crippen LogP contribution in [0.4, 0.5) is 17.3 Å². The number of hydrogen-bond acceptors (Lipinski definition) is 10. The highest BCUT2D eigenvalue weighted by Crippen LogP contribution is 2.38. The fraction of sp³-hybridized carbons (Fsp3) is 0.548. The van der Waals surface area contributed by atoms with Gasteiger partial charge in [0.15, 0.2) is 5.82 Å². The van der Waals surface area contributed by atoms with E-state index >= 15 is 0 Å². The average Bonchev–Trinajstić information content (AvgIpc) is 3.44. The molecule has 0 radical (unpaired) electrons. The zero-order valence-corrected chi connectivity index (χ0v) is 25.0. The molecule has 226 valence electrons. The maximum absolute atomic E-state index is 12.6. The first-order valence-electron chi connectivity index (χ1n) is 15.1. The zero-order valence-electron chi connectivity index (χ0n) is 25.0. The molecule has 0 bridgehead atoms. The van der Waals surface area contributed by atoms with Crippen molar-refractivity contribution in [2.75, 3.05) is 68.1 Å². The summed E-state index contributed by atoms with van der Waals surface area (Å²) in [5.41, 5.74) is 3.92. The molecule has 4 aliphatic heterocycles. The van der Waals surface area contributed by atoms with Gasteiger partial charge in [-0.15, -0.1) is 0 Å². The largest absolute Gasteiger partial charge is 0.462 e. The minimum absolute atomic E-state index is 0.0948. The fourth-order valence-corrected chi connectivity index (χ4v) is 6.81. The number of aromatic nitrogens is 3. The Bertz CT molecular complexity index is 1460. The Morgan fingerprint density at radius 3 is 2.74 bits per heavy atom. The molecule has 0 spiro atoms. The second-order valence-corrected chi connectivity index (χ2v) is 11.8. The van der Waals surface area contributed by atoms with Crippen LogP contribution in [0.5, 0.6) is 6.01 Å². The quantitative estimate of drug-likeness (QED) is 0.446. The maximum Gasteiger partial charge on any atom is 0.318 e. The predicted octanol–water partition coefficient (Wildman–Crippen LogP) is 1.93. The van der Waals surface area contributed by atoms with Gasteiger partial charge in [-0.3, -0.25) is 9.59 Å². The van der Waals surface area contributed by atoms with Crippen molar-refractivity contribution in [1.29, 1.82) is 5.26 Å². The van der Waals surface area contributed by atoms with E-state index in [1.54, 1.807) is 9.80 Å². The van der Waals surface area contributed by atoms with Gasteiger partial charge in [0, 0.05) is 57.4 Å². The number of likely N-dealkylation sites (N-methyl/N-ethyl adjacent to an activating group) is 1. The van der Waals surface area contributed by atoms with Crippen LogP contribution in [0.3, 0.4) is 0 Å². The van der Waals surface area contributed by atoms with E-state index in [2.05, 4.69) is 34.4 Å². The highest BCUT2D eigenvalue weighted by molar-refractivity contribution is 5.99. The molecule has 2 amide bonds. The van der Waals surface area contributed by atoms with Gasteiger partial charge >= 0.3 is 6.01 Å². The highest BCUT2D eigenvalue weighted by atomic mass is 16.5. The lowest BCUT2D eigenvalue weighted by Crippen LogP contribution is -2.55. The number of hydrogen-bond donors (Lipinski definition) is 0. The molecule has 0 aliphatic carbocycles. The number of likely N-dealkylation sites (tertiary alicyclic amines) is 1. The molecule has 0 unspecified atom stereocenters. The molecule has 0 aromatic carbocycles. The first kappa shape index (κ1) is 28.9. The molecule has 0 saturated carbocycles. The number of carbonyl (C=O) groups is 2. The molecule has 6 rings (SSSR count). The van der Waals surface area contributed by atoms with Crippen molar-refractivity contribution in [2.24, 2.45) is 0 Å². The number of aryl methyl sites for hydroxylation is 1. The molecular formula is C31H39N9O3. The highest BCUT2D eigenvalue weighted by Gasteiger charge is 2.35. The molecule has 2 atom stereocenters. The van der Waals surface area contributed by atoms with Gasteiger partial charge in [-0.05, 0) is 57.0 Å². The molecule has 2 fully saturated rings. The Kier molecular flexibility index (Phi) is 8.17. The Balaban J connectivity index is 1.33. The van der Waals surface area contributed by atoms with E-state index in [1.165, 1.54) is 6.08 Å². The van der Waals surface area contributed by atoms with Crippen molar-refractivity contribution in [1.82, 2.24) is 24.8 Å². The Hall–Kier alpha value is -4.24. The third-order valence-electron chi connectivity index (χ3n) is 9.27. The predicted molar refractivity (Wildman–Crippen MR) is 162 cm³/mol. The summed E-state index contributed by atoms with van der Waals surface area (Å²) in [6, 6.07) is 4.64. The monoisotopic (exact) mass is 585 g/mol. The summed E-state index contributed by atoms with van der Waals surface area (Å²) in [5, 5.41) is 9.52. The standard InChI is InChI=1S/C31H39N9O3/c1-4-26(41)40-17-16-39(18-22(40)9-12-32)29-24-11-15-38(30-28-21(10-13-33-30)7-8-27(42)37(28)3)19-25(24)34-31(35-29)43-20-23-6-5-14-36(23)2/h4,10,13,22-23H,1,5-9,11,14-20H2,2-3H3/t22-,23-/m0/s1. The van der Waals surface area contributed by atoms with Gasteiger partial charge in [0.25, 0.3) is 0 Å². The first-order chi connectivity index (χ1) is 20.9. The molecule has 2 aromatic heterocycles. The normalized spacial score (nSPS) is 22.2. The van der Waals surface area contributed by atoms with E-state index in [-0.39, 0.29) is 24.3 Å². The number of amides is 2. The molecule has 4 aliphatic rings. The summed E-state index contributed by atoms with van der Waals surface area (Å²) in [5.74, 6) is 1.53. The van der Waals surface area contributed by atoms with Crippen LogP contribution >= 0.6 is 0 Å². The van der Waals surface area contributed by atoms with E-state index in [0.717, 1.165) is 53.5 Å². The number of nitriles is 1. The van der Waals surface area contributed by atoms with Crippen LogP contribution in [0.25, 0.3) is 0 Å². The van der Waals surface area contributed by atoms with E-state index in [0.29, 0.717) is 70.6 Å². The van der Waals surface area contributed by atoms with Crippen molar-refractivity contribution in [3.05, 3.63) is 41.7 Å². The summed E-state index contributed by atoms with van der Waals surface area (Å²) in [6.07, 6.45) is 7.49. The Labute approximate surface area is 252 Å². The number of pyridine rings is 1. The number of fused-ring (bicyclic) bond motifs is 2. The molecule has 2 saturated heterocycles. The third-order valence-corrected chi connectivity index (χ3v) is 9.27. The third kappa shape index (κ3) is 5.61. The lowest BCUT2D eigenvalue weighted by atomic mass is 10.0. The molecule has 6 heterocycles. The first-order valence-corrected chi connectivity index (χ1v) is 15.1. The van der Waals surface area contributed by atoms with Crippen molar-refractivity contribution in [3.8, 4) is 12.1 Å². The van der Waals surface area contributed by atoms with E-state index < -0.39 is 0 Å². The van der Waals surface area contributed by atoms with Crippen molar-refractivity contribution < 1.29 is 14.3 Å². The lowest BCUT2D eigenvalue weighted by molar-refractivity contribution is -0.128. The number of nitrogens with zero attached hydrogens (tertiary/aromatic N) is 9. The van der Waals surface area contributed by atoms with Crippen molar-refractivity contribution in [3.63, 3.8) is 0 Å². The summed E-state index contributed by atoms with van der Waals surface area (Å²) in [7, 11) is 3.94. The average molecular weight is 586 g/mol. The van der Waals surface area contributed by atoms with E-state index in [4.69, 9.17) is 19.7 Å². The zero-order chi connectivity index (χ0) is 30.1. The molecule has 0 N–H and O–H groups in total. The fourth-order valence-electron chi connectivity index (χ4n) is 6.81. The van der Waals surface area contributed by atoms with E-state index in [1.807, 2.05) is 19.3 Å². The Morgan fingerprint density at radius 2 is 1.98 bits per heavy atom. The van der Waals surface area contributed by atoms with Crippen LogP contribution in [0.15, 0.2) is 24.9 Å².